The second kappa shape index (κ2) is 4.13. The van der Waals surface area contributed by atoms with Crippen LogP contribution in [-0.4, -0.2) is 13.1 Å². The summed E-state index contributed by atoms with van der Waals surface area (Å²) in [7, 11) is 1.37. The van der Waals surface area contributed by atoms with Crippen LogP contribution >= 0.6 is 0 Å². The zero-order chi connectivity index (χ0) is 10.7. The maximum absolute atomic E-state index is 11.4. The fourth-order valence-corrected chi connectivity index (χ4v) is 1.46. The molecule has 0 aliphatic heterocycles. The van der Waals surface area contributed by atoms with Gasteiger partial charge in [-0.2, -0.15) is 0 Å². The first kappa shape index (κ1) is 10.6. The number of anilines is 1. The Morgan fingerprint density at radius 3 is 2.64 bits per heavy atom. The van der Waals surface area contributed by atoms with E-state index in [0.29, 0.717) is 11.3 Å². The smallest absolute Gasteiger partial charge is 0.338 e. The fourth-order valence-electron chi connectivity index (χ4n) is 1.46. The lowest BCUT2D eigenvalue weighted by Gasteiger charge is -2.11. The number of esters is 1. The SMILES string of the molecule is CCc1c(C(=O)OC)ccc(C)c1N. The summed E-state index contributed by atoms with van der Waals surface area (Å²) in [6.07, 6.45) is 0.734. The summed E-state index contributed by atoms with van der Waals surface area (Å²) in [5.74, 6) is -0.325. The lowest BCUT2D eigenvalue weighted by atomic mass is 10.00. The van der Waals surface area contributed by atoms with Crippen molar-refractivity contribution in [2.24, 2.45) is 0 Å². The van der Waals surface area contributed by atoms with Gasteiger partial charge in [-0.15, -0.1) is 0 Å². The number of rotatable bonds is 2. The van der Waals surface area contributed by atoms with Crippen molar-refractivity contribution in [1.29, 1.82) is 0 Å². The van der Waals surface area contributed by atoms with Gasteiger partial charge in [0.25, 0.3) is 0 Å². The summed E-state index contributed by atoms with van der Waals surface area (Å²) in [5, 5.41) is 0. The molecule has 0 aliphatic rings. The molecule has 3 nitrogen and oxygen atoms in total. The standard InChI is InChI=1S/C11H15NO2/c1-4-8-9(11(13)14-3)6-5-7(2)10(8)12/h5-6H,4,12H2,1-3H3. The number of nitrogens with two attached hydrogens (primary N) is 1. The monoisotopic (exact) mass is 193 g/mol. The number of ether oxygens (including phenoxy) is 1. The maximum atomic E-state index is 11.4. The van der Waals surface area contributed by atoms with E-state index in [9.17, 15) is 4.79 Å². The summed E-state index contributed by atoms with van der Waals surface area (Å²) in [4.78, 5) is 11.4. The molecule has 0 saturated heterocycles. The predicted molar refractivity (Wildman–Crippen MR) is 56.3 cm³/mol. The highest BCUT2D eigenvalue weighted by atomic mass is 16.5. The minimum Gasteiger partial charge on any atom is -0.465 e. The Bertz CT molecular complexity index is 359. The molecule has 1 aromatic carbocycles. The number of aryl methyl sites for hydroxylation is 1. The molecular formula is C11H15NO2. The van der Waals surface area contributed by atoms with Gasteiger partial charge in [0.1, 0.15) is 0 Å². The third-order valence-electron chi connectivity index (χ3n) is 2.33. The van der Waals surface area contributed by atoms with Gasteiger partial charge in [0.2, 0.25) is 0 Å². The number of hydrogen-bond acceptors (Lipinski definition) is 3. The van der Waals surface area contributed by atoms with Crippen molar-refractivity contribution < 1.29 is 9.53 Å². The van der Waals surface area contributed by atoms with Gasteiger partial charge in [-0.05, 0) is 30.5 Å². The van der Waals surface area contributed by atoms with Gasteiger partial charge in [0.05, 0.1) is 12.7 Å². The molecule has 76 valence electrons. The minimum atomic E-state index is -0.325. The first-order valence-corrected chi connectivity index (χ1v) is 4.58. The van der Waals surface area contributed by atoms with Crippen LogP contribution in [0.1, 0.15) is 28.4 Å². The normalized spacial score (nSPS) is 9.93. The van der Waals surface area contributed by atoms with E-state index < -0.39 is 0 Å². The van der Waals surface area contributed by atoms with Crippen LogP contribution in [0.4, 0.5) is 5.69 Å². The Balaban J connectivity index is 3.31. The highest BCUT2D eigenvalue weighted by Crippen LogP contribution is 2.22. The van der Waals surface area contributed by atoms with E-state index in [1.54, 1.807) is 6.07 Å². The highest BCUT2D eigenvalue weighted by Gasteiger charge is 2.13. The van der Waals surface area contributed by atoms with Crippen LogP contribution in [0.5, 0.6) is 0 Å². The van der Waals surface area contributed by atoms with Crippen LogP contribution in [0.3, 0.4) is 0 Å². The number of benzene rings is 1. The van der Waals surface area contributed by atoms with Gasteiger partial charge in [-0.1, -0.05) is 13.0 Å². The molecule has 0 spiro atoms. The first-order chi connectivity index (χ1) is 6.61. The third-order valence-corrected chi connectivity index (χ3v) is 2.33. The number of hydrogen-bond donors (Lipinski definition) is 1. The van der Waals surface area contributed by atoms with E-state index in [-0.39, 0.29) is 5.97 Å². The van der Waals surface area contributed by atoms with Crippen molar-refractivity contribution >= 4 is 11.7 Å². The van der Waals surface area contributed by atoms with Crippen molar-refractivity contribution in [3.8, 4) is 0 Å². The molecule has 0 aliphatic carbocycles. The van der Waals surface area contributed by atoms with Crippen LogP contribution in [0, 0.1) is 6.92 Å². The van der Waals surface area contributed by atoms with Crippen LogP contribution in [0.2, 0.25) is 0 Å². The Morgan fingerprint density at radius 1 is 1.50 bits per heavy atom. The average molecular weight is 193 g/mol. The van der Waals surface area contributed by atoms with Gasteiger partial charge in [0, 0.05) is 5.69 Å². The second-order valence-corrected chi connectivity index (χ2v) is 3.17. The Hall–Kier alpha value is -1.51. The van der Waals surface area contributed by atoms with Crippen molar-refractivity contribution in [2.75, 3.05) is 12.8 Å². The molecule has 0 atom stereocenters. The third kappa shape index (κ3) is 1.71. The predicted octanol–water partition coefficient (Wildman–Crippen LogP) is 1.93. The minimum absolute atomic E-state index is 0.325. The number of carbonyl (C=O) groups is 1. The van der Waals surface area contributed by atoms with Gasteiger partial charge < -0.3 is 10.5 Å². The van der Waals surface area contributed by atoms with Crippen molar-refractivity contribution in [2.45, 2.75) is 20.3 Å². The first-order valence-electron chi connectivity index (χ1n) is 4.58. The van der Waals surface area contributed by atoms with Gasteiger partial charge in [0.15, 0.2) is 0 Å². The van der Waals surface area contributed by atoms with Crippen molar-refractivity contribution in [3.05, 3.63) is 28.8 Å². The zero-order valence-electron chi connectivity index (χ0n) is 8.76. The Labute approximate surface area is 83.9 Å². The summed E-state index contributed by atoms with van der Waals surface area (Å²) in [6, 6.07) is 3.59. The van der Waals surface area contributed by atoms with E-state index in [0.717, 1.165) is 17.5 Å². The van der Waals surface area contributed by atoms with Crippen molar-refractivity contribution in [3.63, 3.8) is 0 Å². The van der Waals surface area contributed by atoms with E-state index in [4.69, 9.17) is 5.73 Å². The zero-order valence-corrected chi connectivity index (χ0v) is 8.76. The molecule has 0 heterocycles. The van der Waals surface area contributed by atoms with Gasteiger partial charge in [-0.3, -0.25) is 0 Å². The molecule has 0 fully saturated rings. The average Bonchev–Trinajstić information content (AvgIpc) is 2.20. The second-order valence-electron chi connectivity index (χ2n) is 3.17. The largest absolute Gasteiger partial charge is 0.465 e. The molecule has 0 radical (unpaired) electrons. The number of nitrogen functional groups attached to an aromatic ring is 1. The number of methoxy groups -OCH3 is 1. The molecule has 1 aromatic rings. The van der Waals surface area contributed by atoms with E-state index in [1.807, 2.05) is 19.9 Å². The Morgan fingerprint density at radius 2 is 2.14 bits per heavy atom. The summed E-state index contributed by atoms with van der Waals surface area (Å²) in [6.45, 7) is 3.90. The molecule has 0 bridgehead atoms. The molecule has 2 N–H and O–H groups in total. The van der Waals surface area contributed by atoms with Crippen LogP contribution in [-0.2, 0) is 11.2 Å². The molecule has 3 heteroatoms. The van der Waals surface area contributed by atoms with Gasteiger partial charge >= 0.3 is 5.97 Å². The number of carbonyl (C=O) groups excluding carboxylic acids is 1. The Kier molecular flexibility index (Phi) is 3.12. The summed E-state index contributed by atoms with van der Waals surface area (Å²) < 4.78 is 4.68. The summed E-state index contributed by atoms with van der Waals surface area (Å²) in [5.41, 5.74) is 9.00. The summed E-state index contributed by atoms with van der Waals surface area (Å²) >= 11 is 0. The van der Waals surface area contributed by atoms with E-state index >= 15 is 0 Å². The van der Waals surface area contributed by atoms with Crippen molar-refractivity contribution in [1.82, 2.24) is 0 Å². The molecule has 0 saturated carbocycles. The molecule has 1 rings (SSSR count). The quantitative estimate of drug-likeness (QED) is 0.576. The topological polar surface area (TPSA) is 52.3 Å². The molecule has 0 amide bonds. The molecule has 0 unspecified atom stereocenters. The highest BCUT2D eigenvalue weighted by molar-refractivity contribution is 5.93. The fraction of sp³-hybridized carbons (Fsp3) is 0.364. The lowest BCUT2D eigenvalue weighted by molar-refractivity contribution is 0.0599. The van der Waals surface area contributed by atoms with Crippen LogP contribution in [0.25, 0.3) is 0 Å². The van der Waals surface area contributed by atoms with E-state index in [2.05, 4.69) is 4.74 Å². The lowest BCUT2D eigenvalue weighted by Crippen LogP contribution is -2.08. The van der Waals surface area contributed by atoms with Crippen LogP contribution in [0.15, 0.2) is 12.1 Å². The molecule has 14 heavy (non-hydrogen) atoms. The van der Waals surface area contributed by atoms with Crippen LogP contribution < -0.4 is 5.73 Å². The van der Waals surface area contributed by atoms with E-state index in [1.165, 1.54) is 7.11 Å². The van der Waals surface area contributed by atoms with Gasteiger partial charge in [-0.25, -0.2) is 4.79 Å². The molecular weight excluding hydrogens is 178 g/mol. The maximum Gasteiger partial charge on any atom is 0.338 e. The molecule has 0 aromatic heterocycles.